The quantitative estimate of drug-likeness (QED) is 0.576. The van der Waals surface area contributed by atoms with Crippen molar-refractivity contribution >= 4 is 22.4 Å². The average Bonchev–Trinajstić information content (AvgIpc) is 3.16. The van der Waals surface area contributed by atoms with Crippen LogP contribution in [-0.2, 0) is 11.2 Å². The van der Waals surface area contributed by atoms with Crippen molar-refractivity contribution in [3.8, 4) is 22.8 Å². The fourth-order valence-electron chi connectivity index (χ4n) is 2.91. The van der Waals surface area contributed by atoms with Crippen molar-refractivity contribution in [1.82, 2.24) is 4.98 Å². The van der Waals surface area contributed by atoms with Gasteiger partial charge < -0.3 is 14.8 Å². The molecule has 6 heteroatoms. The maximum Gasteiger partial charge on any atom is 0.226 e. The number of para-hydroxylation sites is 1. The number of benzene rings is 2. The van der Waals surface area contributed by atoms with Gasteiger partial charge in [-0.2, -0.15) is 0 Å². The lowest BCUT2D eigenvalue weighted by molar-refractivity contribution is -0.116. The average molecular weight is 397 g/mol. The highest BCUT2D eigenvalue weighted by atomic mass is 32.1. The van der Waals surface area contributed by atoms with E-state index in [0.717, 1.165) is 33.9 Å². The predicted octanol–water partition coefficient (Wildman–Crippen LogP) is 5.10. The van der Waals surface area contributed by atoms with Crippen molar-refractivity contribution in [2.75, 3.05) is 19.0 Å². The van der Waals surface area contributed by atoms with Gasteiger partial charge in [-0.1, -0.05) is 29.8 Å². The molecule has 0 bridgehead atoms. The SMILES string of the molecule is CCOc1ccccc1CCC(=O)Nc1nc(-c2cc(C)ccc2OC)cs1. The first kappa shape index (κ1) is 19.9. The summed E-state index contributed by atoms with van der Waals surface area (Å²) in [6.45, 7) is 4.58. The van der Waals surface area contributed by atoms with Crippen LogP contribution in [0.1, 0.15) is 24.5 Å². The zero-order chi connectivity index (χ0) is 19.9. The Balaban J connectivity index is 1.64. The molecule has 1 heterocycles. The lowest BCUT2D eigenvalue weighted by Gasteiger charge is -2.09. The fourth-order valence-corrected chi connectivity index (χ4v) is 3.64. The number of aromatic nitrogens is 1. The van der Waals surface area contributed by atoms with Gasteiger partial charge in [0.15, 0.2) is 5.13 Å². The number of ether oxygens (including phenoxy) is 2. The van der Waals surface area contributed by atoms with E-state index in [1.807, 2.05) is 61.7 Å². The molecule has 0 saturated carbocycles. The second-order valence-electron chi connectivity index (χ2n) is 6.33. The van der Waals surface area contributed by atoms with E-state index in [1.54, 1.807) is 7.11 Å². The van der Waals surface area contributed by atoms with Gasteiger partial charge in [0.25, 0.3) is 0 Å². The number of thiazole rings is 1. The summed E-state index contributed by atoms with van der Waals surface area (Å²) in [6, 6.07) is 13.8. The van der Waals surface area contributed by atoms with Crippen molar-refractivity contribution < 1.29 is 14.3 Å². The first-order chi connectivity index (χ1) is 13.6. The first-order valence-corrected chi connectivity index (χ1v) is 10.1. The largest absolute Gasteiger partial charge is 0.496 e. The van der Waals surface area contributed by atoms with Crippen molar-refractivity contribution in [2.24, 2.45) is 0 Å². The maximum absolute atomic E-state index is 12.4. The van der Waals surface area contributed by atoms with Crippen molar-refractivity contribution in [1.29, 1.82) is 0 Å². The number of nitrogens with one attached hydrogen (secondary N) is 1. The number of amides is 1. The van der Waals surface area contributed by atoms with Gasteiger partial charge in [-0.05, 0) is 44.0 Å². The van der Waals surface area contributed by atoms with Crippen molar-refractivity contribution in [2.45, 2.75) is 26.7 Å². The van der Waals surface area contributed by atoms with Crippen molar-refractivity contribution in [3.63, 3.8) is 0 Å². The molecule has 3 aromatic rings. The molecule has 0 spiro atoms. The predicted molar refractivity (Wildman–Crippen MR) is 113 cm³/mol. The summed E-state index contributed by atoms with van der Waals surface area (Å²) in [5, 5.41) is 5.41. The standard InChI is InChI=1S/C22H24N2O3S/c1-4-27-19-8-6-5-7-16(19)10-12-21(25)24-22-23-18(14-28-22)17-13-15(2)9-11-20(17)26-3/h5-9,11,13-14H,4,10,12H2,1-3H3,(H,23,24,25). The first-order valence-electron chi connectivity index (χ1n) is 9.21. The number of carbonyl (C=O) groups excluding carboxylic acids is 1. The van der Waals surface area contributed by atoms with E-state index in [9.17, 15) is 4.79 Å². The minimum Gasteiger partial charge on any atom is -0.496 e. The van der Waals surface area contributed by atoms with Crippen molar-refractivity contribution in [3.05, 3.63) is 59.0 Å². The molecule has 0 unspecified atom stereocenters. The number of carbonyl (C=O) groups is 1. The number of methoxy groups -OCH3 is 1. The van der Waals surface area contributed by atoms with Crippen LogP contribution in [0.25, 0.3) is 11.3 Å². The zero-order valence-electron chi connectivity index (χ0n) is 16.3. The molecule has 28 heavy (non-hydrogen) atoms. The Morgan fingerprint density at radius 2 is 2.00 bits per heavy atom. The molecular formula is C22H24N2O3S. The molecule has 1 aromatic heterocycles. The summed E-state index contributed by atoms with van der Waals surface area (Å²) in [5.41, 5.74) is 3.87. The summed E-state index contributed by atoms with van der Waals surface area (Å²) in [6.07, 6.45) is 0.985. The summed E-state index contributed by atoms with van der Waals surface area (Å²) in [7, 11) is 1.64. The number of aryl methyl sites for hydroxylation is 2. The lowest BCUT2D eigenvalue weighted by atomic mass is 10.1. The topological polar surface area (TPSA) is 60.5 Å². The van der Waals surface area contributed by atoms with Crippen LogP contribution in [0, 0.1) is 6.92 Å². The smallest absolute Gasteiger partial charge is 0.226 e. The van der Waals surface area contributed by atoms with E-state index in [2.05, 4.69) is 10.3 Å². The highest BCUT2D eigenvalue weighted by Gasteiger charge is 2.13. The van der Waals surface area contributed by atoms with Crippen LogP contribution in [-0.4, -0.2) is 24.6 Å². The van der Waals surface area contributed by atoms with E-state index in [0.29, 0.717) is 24.6 Å². The minimum atomic E-state index is -0.0663. The molecular weight excluding hydrogens is 372 g/mol. The fraction of sp³-hybridized carbons (Fsp3) is 0.273. The second-order valence-corrected chi connectivity index (χ2v) is 7.19. The van der Waals surface area contributed by atoms with E-state index in [-0.39, 0.29) is 5.91 Å². The second kappa shape index (κ2) is 9.37. The number of anilines is 1. The molecule has 0 saturated heterocycles. The molecule has 1 N–H and O–H groups in total. The van der Waals surface area contributed by atoms with Gasteiger partial charge in [-0.3, -0.25) is 4.79 Å². The Kier molecular flexibility index (Phi) is 6.66. The number of hydrogen-bond acceptors (Lipinski definition) is 5. The van der Waals surface area contributed by atoms with Gasteiger partial charge >= 0.3 is 0 Å². The van der Waals surface area contributed by atoms with Crippen LogP contribution < -0.4 is 14.8 Å². The molecule has 1 amide bonds. The monoisotopic (exact) mass is 396 g/mol. The Morgan fingerprint density at radius 1 is 1.18 bits per heavy atom. The molecule has 146 valence electrons. The number of rotatable bonds is 8. The van der Waals surface area contributed by atoms with Gasteiger partial charge in [-0.15, -0.1) is 11.3 Å². The summed E-state index contributed by atoms with van der Waals surface area (Å²) in [4.78, 5) is 16.9. The molecule has 3 rings (SSSR count). The molecule has 0 atom stereocenters. The van der Waals surface area contributed by atoms with E-state index >= 15 is 0 Å². The minimum absolute atomic E-state index is 0.0663. The van der Waals surface area contributed by atoms with Crippen LogP contribution in [0.2, 0.25) is 0 Å². The van der Waals surface area contributed by atoms with Crippen LogP contribution in [0.3, 0.4) is 0 Å². The third kappa shape index (κ3) is 4.89. The van der Waals surface area contributed by atoms with Crippen LogP contribution in [0.5, 0.6) is 11.5 Å². The zero-order valence-corrected chi connectivity index (χ0v) is 17.1. The molecule has 5 nitrogen and oxygen atoms in total. The maximum atomic E-state index is 12.4. The Labute approximate surface area is 169 Å². The van der Waals surface area contributed by atoms with E-state index < -0.39 is 0 Å². The van der Waals surface area contributed by atoms with Gasteiger partial charge in [-0.25, -0.2) is 4.98 Å². The summed E-state index contributed by atoms with van der Waals surface area (Å²) in [5.74, 6) is 1.53. The molecule has 2 aromatic carbocycles. The molecule has 0 fully saturated rings. The van der Waals surface area contributed by atoms with Crippen LogP contribution in [0.15, 0.2) is 47.8 Å². The summed E-state index contributed by atoms with van der Waals surface area (Å²) < 4.78 is 11.0. The normalized spacial score (nSPS) is 10.5. The third-order valence-electron chi connectivity index (χ3n) is 4.28. The highest BCUT2D eigenvalue weighted by Crippen LogP contribution is 2.33. The van der Waals surface area contributed by atoms with Gasteiger partial charge in [0.05, 0.1) is 19.4 Å². The van der Waals surface area contributed by atoms with E-state index in [4.69, 9.17) is 9.47 Å². The highest BCUT2D eigenvalue weighted by molar-refractivity contribution is 7.14. The number of hydrogen-bond donors (Lipinski definition) is 1. The Hall–Kier alpha value is -2.86. The lowest BCUT2D eigenvalue weighted by Crippen LogP contribution is -2.12. The molecule has 0 radical (unpaired) electrons. The van der Waals surface area contributed by atoms with Crippen LogP contribution in [0.4, 0.5) is 5.13 Å². The molecule has 0 aliphatic heterocycles. The third-order valence-corrected chi connectivity index (χ3v) is 5.03. The molecule has 0 aliphatic rings. The number of nitrogens with zero attached hydrogens (tertiary/aromatic N) is 1. The van der Waals surface area contributed by atoms with Gasteiger partial charge in [0.1, 0.15) is 11.5 Å². The van der Waals surface area contributed by atoms with Gasteiger partial charge in [0, 0.05) is 17.4 Å². The molecule has 0 aliphatic carbocycles. The van der Waals surface area contributed by atoms with Crippen LogP contribution >= 0.6 is 11.3 Å². The Bertz CT molecular complexity index is 952. The van der Waals surface area contributed by atoms with E-state index in [1.165, 1.54) is 11.3 Å². The Morgan fingerprint density at radius 3 is 2.79 bits per heavy atom. The van der Waals surface area contributed by atoms with Gasteiger partial charge in [0.2, 0.25) is 5.91 Å². The summed E-state index contributed by atoms with van der Waals surface area (Å²) >= 11 is 1.41.